The van der Waals surface area contributed by atoms with Crippen LogP contribution in [0, 0.1) is 0 Å². The highest BCUT2D eigenvalue weighted by atomic mass is 32.2. The number of benzene rings is 1. The van der Waals surface area contributed by atoms with Crippen LogP contribution in [0.25, 0.3) is 5.69 Å². The van der Waals surface area contributed by atoms with E-state index in [1.807, 2.05) is 35.0 Å². The molecule has 154 valence electrons. The van der Waals surface area contributed by atoms with Gasteiger partial charge in [-0.25, -0.2) is 13.1 Å². The highest BCUT2D eigenvalue weighted by Gasteiger charge is 2.31. The number of aromatic nitrogens is 2. The Morgan fingerprint density at radius 1 is 1.10 bits per heavy atom. The number of carbonyl (C=O) groups is 2. The zero-order valence-electron chi connectivity index (χ0n) is 16.3. The summed E-state index contributed by atoms with van der Waals surface area (Å²) in [5.41, 5.74) is 3.25. The molecule has 1 aliphatic heterocycles. The molecule has 1 aromatic heterocycles. The number of fused-ring (bicyclic) bond motifs is 1. The molecule has 1 N–H and O–H groups in total. The molecule has 0 bridgehead atoms. The fraction of sp³-hybridized carbons (Fsp3) is 0.450. The van der Waals surface area contributed by atoms with Crippen LogP contribution >= 0.6 is 0 Å². The van der Waals surface area contributed by atoms with Crippen LogP contribution in [-0.4, -0.2) is 65.5 Å². The topological polar surface area (TPSA) is 101 Å². The summed E-state index contributed by atoms with van der Waals surface area (Å²) < 4.78 is 24.9. The van der Waals surface area contributed by atoms with Crippen molar-refractivity contribution in [3.8, 4) is 5.69 Å². The number of hydrogen-bond donors (Lipinski definition) is 1. The monoisotopic (exact) mass is 416 g/mol. The lowest BCUT2D eigenvalue weighted by Crippen LogP contribution is -2.51. The van der Waals surface area contributed by atoms with E-state index in [1.54, 1.807) is 6.92 Å². The largest absolute Gasteiger partial charge is 0.339 e. The van der Waals surface area contributed by atoms with Crippen molar-refractivity contribution in [2.75, 3.05) is 24.6 Å². The summed E-state index contributed by atoms with van der Waals surface area (Å²) >= 11 is 0. The van der Waals surface area contributed by atoms with E-state index < -0.39 is 15.9 Å². The predicted molar refractivity (Wildman–Crippen MR) is 108 cm³/mol. The average Bonchev–Trinajstić information content (AvgIpc) is 3.30. The Labute approximate surface area is 169 Å². The van der Waals surface area contributed by atoms with Gasteiger partial charge in [-0.15, -0.1) is 0 Å². The van der Waals surface area contributed by atoms with E-state index in [9.17, 15) is 18.0 Å². The summed E-state index contributed by atoms with van der Waals surface area (Å²) in [4.78, 5) is 27.0. The number of rotatable bonds is 4. The minimum Gasteiger partial charge on any atom is -0.339 e. The van der Waals surface area contributed by atoms with Gasteiger partial charge >= 0.3 is 0 Å². The summed E-state index contributed by atoms with van der Waals surface area (Å²) in [6.45, 7) is 1.95. The lowest BCUT2D eigenvalue weighted by atomic mass is 10.1. The molecule has 1 saturated heterocycles. The molecular formula is C20H24N4O4S. The molecule has 29 heavy (non-hydrogen) atoms. The second-order valence-electron chi connectivity index (χ2n) is 7.55. The third-order valence-electron chi connectivity index (χ3n) is 5.52. The van der Waals surface area contributed by atoms with Crippen LogP contribution in [-0.2, 0) is 27.5 Å². The van der Waals surface area contributed by atoms with Crippen molar-refractivity contribution in [1.29, 1.82) is 0 Å². The van der Waals surface area contributed by atoms with Gasteiger partial charge in [0.1, 0.15) is 6.04 Å². The molecule has 2 aliphatic rings. The highest BCUT2D eigenvalue weighted by molar-refractivity contribution is 7.91. The maximum absolute atomic E-state index is 12.9. The molecule has 1 unspecified atom stereocenters. The standard InChI is InChI=1S/C20H24N4O4S/c1-14(20(26)23-10-12-29(27,28)13-11-23)21-19(25)18-16-8-5-9-17(16)24(22-18)15-6-3-2-4-7-15/h2-4,6-7,14H,5,8-13H2,1H3,(H,21,25). The Morgan fingerprint density at radius 3 is 2.48 bits per heavy atom. The number of amides is 2. The number of nitrogens with one attached hydrogen (secondary N) is 1. The summed E-state index contributed by atoms with van der Waals surface area (Å²) in [5, 5.41) is 7.30. The van der Waals surface area contributed by atoms with Crippen LogP contribution in [0.5, 0.6) is 0 Å². The Balaban J connectivity index is 1.50. The van der Waals surface area contributed by atoms with Crippen LogP contribution in [0.3, 0.4) is 0 Å². The van der Waals surface area contributed by atoms with Crippen molar-refractivity contribution in [1.82, 2.24) is 20.0 Å². The molecule has 0 radical (unpaired) electrons. The van der Waals surface area contributed by atoms with E-state index in [2.05, 4.69) is 10.4 Å². The van der Waals surface area contributed by atoms with E-state index >= 15 is 0 Å². The third kappa shape index (κ3) is 3.91. The first kappa shape index (κ1) is 19.6. The fourth-order valence-corrected chi connectivity index (χ4v) is 5.14. The van der Waals surface area contributed by atoms with Crippen molar-refractivity contribution in [3.05, 3.63) is 47.3 Å². The van der Waals surface area contributed by atoms with Gasteiger partial charge in [0.15, 0.2) is 15.5 Å². The van der Waals surface area contributed by atoms with E-state index in [-0.39, 0.29) is 36.4 Å². The van der Waals surface area contributed by atoms with Crippen LogP contribution < -0.4 is 5.32 Å². The van der Waals surface area contributed by atoms with Gasteiger partial charge in [-0.3, -0.25) is 9.59 Å². The molecule has 4 rings (SSSR count). The number of nitrogens with zero attached hydrogens (tertiary/aromatic N) is 3. The Morgan fingerprint density at radius 2 is 1.79 bits per heavy atom. The lowest BCUT2D eigenvalue weighted by molar-refractivity contribution is -0.132. The summed E-state index contributed by atoms with van der Waals surface area (Å²) in [6, 6.07) is 8.94. The quantitative estimate of drug-likeness (QED) is 0.792. The predicted octanol–water partition coefficient (Wildman–Crippen LogP) is 0.736. The minimum absolute atomic E-state index is 0.0333. The highest BCUT2D eigenvalue weighted by Crippen LogP contribution is 2.27. The number of para-hydroxylation sites is 1. The molecule has 2 heterocycles. The molecule has 2 amide bonds. The second-order valence-corrected chi connectivity index (χ2v) is 9.85. The van der Waals surface area contributed by atoms with Gasteiger partial charge in [0.05, 0.1) is 17.2 Å². The van der Waals surface area contributed by atoms with E-state index in [0.29, 0.717) is 5.69 Å². The van der Waals surface area contributed by atoms with Crippen LogP contribution in [0.2, 0.25) is 0 Å². The van der Waals surface area contributed by atoms with Crippen molar-refractivity contribution in [3.63, 3.8) is 0 Å². The van der Waals surface area contributed by atoms with Crippen molar-refractivity contribution < 1.29 is 18.0 Å². The van der Waals surface area contributed by atoms with Crippen LogP contribution in [0.15, 0.2) is 30.3 Å². The first-order valence-electron chi connectivity index (χ1n) is 9.82. The number of hydrogen-bond acceptors (Lipinski definition) is 5. The average molecular weight is 417 g/mol. The summed E-state index contributed by atoms with van der Waals surface area (Å²) in [6.07, 6.45) is 2.62. The van der Waals surface area contributed by atoms with Gasteiger partial charge in [0, 0.05) is 24.3 Å². The van der Waals surface area contributed by atoms with Gasteiger partial charge < -0.3 is 10.2 Å². The van der Waals surface area contributed by atoms with Gasteiger partial charge in [-0.05, 0) is 38.3 Å². The molecule has 8 nitrogen and oxygen atoms in total. The summed E-state index contributed by atoms with van der Waals surface area (Å²) in [7, 11) is -3.07. The van der Waals surface area contributed by atoms with Crippen LogP contribution in [0.1, 0.15) is 35.1 Å². The maximum Gasteiger partial charge on any atom is 0.272 e. The second kappa shape index (κ2) is 7.62. The molecule has 9 heteroatoms. The molecule has 1 aromatic carbocycles. The van der Waals surface area contributed by atoms with Gasteiger partial charge in [-0.2, -0.15) is 5.10 Å². The zero-order chi connectivity index (χ0) is 20.6. The Hall–Kier alpha value is -2.68. The lowest BCUT2D eigenvalue weighted by Gasteiger charge is -2.29. The molecule has 2 aromatic rings. The van der Waals surface area contributed by atoms with Crippen molar-refractivity contribution >= 4 is 21.7 Å². The number of sulfone groups is 1. The first-order valence-corrected chi connectivity index (χ1v) is 11.6. The van der Waals surface area contributed by atoms with Crippen LogP contribution in [0.4, 0.5) is 0 Å². The smallest absolute Gasteiger partial charge is 0.272 e. The van der Waals surface area contributed by atoms with Gasteiger partial charge in [-0.1, -0.05) is 18.2 Å². The molecule has 0 saturated carbocycles. The molecule has 1 fully saturated rings. The molecule has 1 atom stereocenters. The maximum atomic E-state index is 12.9. The van der Waals surface area contributed by atoms with Gasteiger partial charge in [0.25, 0.3) is 5.91 Å². The SMILES string of the molecule is CC(NC(=O)c1nn(-c2ccccc2)c2c1CCC2)C(=O)N1CCS(=O)(=O)CC1. The van der Waals surface area contributed by atoms with E-state index in [4.69, 9.17) is 0 Å². The minimum atomic E-state index is -3.07. The Kier molecular flexibility index (Phi) is 5.16. The zero-order valence-corrected chi connectivity index (χ0v) is 17.1. The van der Waals surface area contributed by atoms with Crippen molar-refractivity contribution in [2.45, 2.75) is 32.2 Å². The first-order chi connectivity index (χ1) is 13.9. The normalized spacial score (nSPS) is 18.9. The van der Waals surface area contributed by atoms with Crippen molar-refractivity contribution in [2.24, 2.45) is 0 Å². The van der Waals surface area contributed by atoms with Gasteiger partial charge in [0.2, 0.25) is 5.91 Å². The fourth-order valence-electron chi connectivity index (χ4n) is 3.94. The third-order valence-corrected chi connectivity index (χ3v) is 7.13. The Bertz CT molecular complexity index is 1030. The molecule has 0 spiro atoms. The summed E-state index contributed by atoms with van der Waals surface area (Å²) in [5.74, 6) is -0.710. The molecule has 1 aliphatic carbocycles. The number of carbonyl (C=O) groups excluding carboxylic acids is 2. The van der Waals surface area contributed by atoms with E-state index in [1.165, 1.54) is 4.90 Å². The van der Waals surface area contributed by atoms with E-state index in [0.717, 1.165) is 36.2 Å². The molecular weight excluding hydrogens is 392 g/mol.